The minimum Gasteiger partial charge on any atom is -0.369 e. The summed E-state index contributed by atoms with van der Waals surface area (Å²) in [5.74, 6) is 0. The lowest BCUT2D eigenvalue weighted by atomic mass is 10.1. The van der Waals surface area contributed by atoms with Gasteiger partial charge < -0.3 is 4.90 Å². The van der Waals surface area contributed by atoms with Crippen LogP contribution in [0.1, 0.15) is 29.5 Å². The van der Waals surface area contributed by atoms with Crippen LogP contribution >= 0.6 is 0 Å². The van der Waals surface area contributed by atoms with Gasteiger partial charge in [-0.15, -0.1) is 5.10 Å². The molecule has 0 amide bonds. The molecule has 0 saturated carbocycles. The van der Waals surface area contributed by atoms with E-state index in [1.165, 1.54) is 34.4 Å². The van der Waals surface area contributed by atoms with Gasteiger partial charge in [0.25, 0.3) is 0 Å². The third-order valence-electron chi connectivity index (χ3n) is 6.36. The summed E-state index contributed by atoms with van der Waals surface area (Å²) in [6, 6.07) is 15.3. The number of aromatic nitrogens is 3. The Balaban J connectivity index is 1.23. The largest absolute Gasteiger partial charge is 0.369 e. The molecule has 1 aromatic heterocycles. The molecule has 1 fully saturated rings. The van der Waals surface area contributed by atoms with Crippen LogP contribution in [-0.2, 0) is 6.54 Å². The predicted octanol–water partition coefficient (Wildman–Crippen LogP) is 4.47. The zero-order valence-electron chi connectivity index (χ0n) is 18.5. The number of unbranched alkanes of at least 4 members (excludes halogenated alkanes) is 1. The summed E-state index contributed by atoms with van der Waals surface area (Å²) in [5.41, 5.74) is 7.74. The van der Waals surface area contributed by atoms with E-state index >= 15 is 0 Å². The summed E-state index contributed by atoms with van der Waals surface area (Å²) in [6.07, 6.45) is 4.20. The Morgan fingerprint density at radius 1 is 0.800 bits per heavy atom. The van der Waals surface area contributed by atoms with Crippen LogP contribution in [0.2, 0.25) is 0 Å². The SMILES string of the molecule is Cc1ccc(N2CCN(CCCCn3nncc3-c3ccccc3C)CC2)cc1C. The Morgan fingerprint density at radius 3 is 2.33 bits per heavy atom. The van der Waals surface area contributed by atoms with E-state index in [-0.39, 0.29) is 0 Å². The highest BCUT2D eigenvalue weighted by Gasteiger charge is 2.17. The summed E-state index contributed by atoms with van der Waals surface area (Å²) >= 11 is 0. The van der Waals surface area contributed by atoms with Crippen LogP contribution in [0.4, 0.5) is 5.69 Å². The van der Waals surface area contributed by atoms with Crippen molar-refractivity contribution in [2.45, 2.75) is 40.2 Å². The van der Waals surface area contributed by atoms with Gasteiger partial charge in [-0.2, -0.15) is 0 Å². The van der Waals surface area contributed by atoms with Crippen LogP contribution in [0.3, 0.4) is 0 Å². The van der Waals surface area contributed by atoms with E-state index in [1.54, 1.807) is 0 Å². The Bertz CT molecular complexity index is 969. The Kier molecular flexibility index (Phi) is 6.48. The Hall–Kier alpha value is -2.66. The lowest BCUT2D eigenvalue weighted by molar-refractivity contribution is 0.251. The Morgan fingerprint density at radius 2 is 1.57 bits per heavy atom. The predicted molar refractivity (Wildman–Crippen MR) is 124 cm³/mol. The fraction of sp³-hybridized carbons (Fsp3) is 0.440. The number of rotatable bonds is 7. The van der Waals surface area contributed by atoms with Crippen molar-refractivity contribution in [3.05, 3.63) is 65.4 Å². The van der Waals surface area contributed by atoms with Gasteiger partial charge in [-0.3, -0.25) is 4.90 Å². The lowest BCUT2D eigenvalue weighted by Gasteiger charge is -2.36. The van der Waals surface area contributed by atoms with Crippen molar-refractivity contribution in [1.29, 1.82) is 0 Å². The number of piperazine rings is 1. The van der Waals surface area contributed by atoms with Gasteiger partial charge in [0.2, 0.25) is 0 Å². The highest BCUT2D eigenvalue weighted by molar-refractivity contribution is 5.62. The first-order chi connectivity index (χ1) is 14.6. The first-order valence-corrected chi connectivity index (χ1v) is 11.1. The molecule has 5 heteroatoms. The van der Waals surface area contributed by atoms with Crippen molar-refractivity contribution in [3.63, 3.8) is 0 Å². The molecular weight excluding hydrogens is 370 g/mol. The summed E-state index contributed by atoms with van der Waals surface area (Å²) in [5, 5.41) is 8.48. The van der Waals surface area contributed by atoms with E-state index in [0.29, 0.717) is 0 Å². The number of nitrogens with zero attached hydrogens (tertiary/aromatic N) is 5. The average molecular weight is 404 g/mol. The second-order valence-electron chi connectivity index (χ2n) is 8.46. The van der Waals surface area contributed by atoms with Crippen LogP contribution in [-0.4, -0.2) is 52.6 Å². The molecule has 1 aliphatic rings. The fourth-order valence-electron chi connectivity index (χ4n) is 4.24. The van der Waals surface area contributed by atoms with Gasteiger partial charge in [0, 0.05) is 44.0 Å². The van der Waals surface area contributed by atoms with E-state index in [4.69, 9.17) is 0 Å². The number of hydrogen-bond acceptors (Lipinski definition) is 4. The second-order valence-corrected chi connectivity index (χ2v) is 8.46. The zero-order valence-corrected chi connectivity index (χ0v) is 18.5. The summed E-state index contributed by atoms with van der Waals surface area (Å²) in [7, 11) is 0. The number of benzene rings is 2. The molecule has 158 valence electrons. The average Bonchev–Trinajstić information content (AvgIpc) is 3.22. The van der Waals surface area contributed by atoms with E-state index in [9.17, 15) is 0 Å². The Labute approximate surface area is 180 Å². The number of hydrogen-bond donors (Lipinski definition) is 0. The normalized spacial score (nSPS) is 15.0. The minimum atomic E-state index is 0.923. The van der Waals surface area contributed by atoms with Crippen molar-refractivity contribution < 1.29 is 0 Å². The number of anilines is 1. The minimum absolute atomic E-state index is 0.923. The molecule has 0 radical (unpaired) electrons. The molecule has 2 aromatic carbocycles. The van der Waals surface area contributed by atoms with Gasteiger partial charge in [0.05, 0.1) is 11.9 Å². The van der Waals surface area contributed by atoms with Crippen molar-refractivity contribution in [2.75, 3.05) is 37.6 Å². The second kappa shape index (κ2) is 9.43. The fourth-order valence-corrected chi connectivity index (χ4v) is 4.24. The van der Waals surface area contributed by atoms with Crippen molar-refractivity contribution >= 4 is 5.69 Å². The molecular formula is C25H33N5. The van der Waals surface area contributed by atoms with Crippen LogP contribution < -0.4 is 4.90 Å². The molecule has 0 spiro atoms. The molecule has 1 aliphatic heterocycles. The standard InChI is InChI=1S/C25H33N5/c1-20-10-11-23(18-22(20)3)29-16-14-28(15-17-29)12-6-7-13-30-25(19-26-27-30)24-9-5-4-8-21(24)2/h4-5,8-11,18-19H,6-7,12-17H2,1-3H3. The lowest BCUT2D eigenvalue weighted by Crippen LogP contribution is -2.46. The molecule has 30 heavy (non-hydrogen) atoms. The van der Waals surface area contributed by atoms with Crippen LogP contribution in [0.15, 0.2) is 48.7 Å². The summed E-state index contributed by atoms with van der Waals surface area (Å²) in [6.45, 7) is 13.1. The molecule has 0 bridgehead atoms. The van der Waals surface area contributed by atoms with Gasteiger partial charge >= 0.3 is 0 Å². The maximum atomic E-state index is 4.32. The van der Waals surface area contributed by atoms with Gasteiger partial charge in [-0.1, -0.05) is 35.5 Å². The highest BCUT2D eigenvalue weighted by atomic mass is 15.4. The van der Waals surface area contributed by atoms with Gasteiger partial charge in [-0.05, 0) is 69.0 Å². The zero-order chi connectivity index (χ0) is 20.9. The van der Waals surface area contributed by atoms with Crippen molar-refractivity contribution in [1.82, 2.24) is 19.9 Å². The van der Waals surface area contributed by atoms with Crippen LogP contribution in [0.25, 0.3) is 11.3 Å². The molecule has 5 nitrogen and oxygen atoms in total. The van der Waals surface area contributed by atoms with E-state index in [0.717, 1.165) is 51.4 Å². The van der Waals surface area contributed by atoms with E-state index in [2.05, 4.69) is 88.0 Å². The molecule has 0 N–H and O–H groups in total. The molecule has 0 aliphatic carbocycles. The monoisotopic (exact) mass is 403 g/mol. The highest BCUT2D eigenvalue weighted by Crippen LogP contribution is 2.23. The third-order valence-corrected chi connectivity index (χ3v) is 6.36. The van der Waals surface area contributed by atoms with E-state index in [1.807, 2.05) is 6.20 Å². The maximum Gasteiger partial charge on any atom is 0.0888 e. The summed E-state index contributed by atoms with van der Waals surface area (Å²) < 4.78 is 2.06. The van der Waals surface area contributed by atoms with E-state index < -0.39 is 0 Å². The molecule has 0 unspecified atom stereocenters. The molecule has 2 heterocycles. The quantitative estimate of drug-likeness (QED) is 0.546. The molecule has 0 atom stereocenters. The maximum absolute atomic E-state index is 4.32. The topological polar surface area (TPSA) is 37.2 Å². The van der Waals surface area contributed by atoms with Crippen LogP contribution in [0, 0.1) is 20.8 Å². The van der Waals surface area contributed by atoms with Gasteiger partial charge in [0.1, 0.15) is 0 Å². The molecule has 1 saturated heterocycles. The first kappa shape index (κ1) is 20.6. The third kappa shape index (κ3) is 4.73. The molecule has 3 aromatic rings. The van der Waals surface area contributed by atoms with Gasteiger partial charge in [0.15, 0.2) is 0 Å². The van der Waals surface area contributed by atoms with Crippen molar-refractivity contribution in [2.24, 2.45) is 0 Å². The first-order valence-electron chi connectivity index (χ1n) is 11.1. The smallest absolute Gasteiger partial charge is 0.0888 e. The molecule has 4 rings (SSSR count). The van der Waals surface area contributed by atoms with Crippen LogP contribution in [0.5, 0.6) is 0 Å². The van der Waals surface area contributed by atoms with Crippen molar-refractivity contribution in [3.8, 4) is 11.3 Å². The number of aryl methyl sites for hydroxylation is 4. The van der Waals surface area contributed by atoms with Gasteiger partial charge in [-0.25, -0.2) is 4.68 Å². The summed E-state index contributed by atoms with van der Waals surface area (Å²) in [4.78, 5) is 5.12.